The van der Waals surface area contributed by atoms with Crippen molar-refractivity contribution in [1.29, 1.82) is 0 Å². The lowest BCUT2D eigenvalue weighted by molar-refractivity contribution is 0.0947. The quantitative estimate of drug-likeness (QED) is 0.794. The summed E-state index contributed by atoms with van der Waals surface area (Å²) in [6, 6.07) is 6.49. The molecule has 0 fully saturated rings. The SMILES string of the molecule is CNC(C)CNC(=O)c1ccccc1SC(F)F.Cl. The summed E-state index contributed by atoms with van der Waals surface area (Å²) < 4.78 is 24.7. The first-order valence-corrected chi connectivity index (χ1v) is 6.42. The number of amides is 1. The molecule has 3 nitrogen and oxygen atoms in total. The van der Waals surface area contributed by atoms with Gasteiger partial charge in [-0.1, -0.05) is 23.9 Å². The van der Waals surface area contributed by atoms with Crippen molar-refractivity contribution >= 4 is 30.1 Å². The van der Waals surface area contributed by atoms with E-state index in [-0.39, 0.29) is 29.9 Å². The predicted octanol–water partition coefficient (Wildman–Crippen LogP) is 2.76. The second-order valence-corrected chi connectivity index (χ2v) is 4.81. The molecule has 0 saturated heterocycles. The Labute approximate surface area is 121 Å². The highest BCUT2D eigenvalue weighted by atomic mass is 35.5. The minimum Gasteiger partial charge on any atom is -0.350 e. The molecule has 0 saturated carbocycles. The lowest BCUT2D eigenvalue weighted by Gasteiger charge is -2.13. The second-order valence-electron chi connectivity index (χ2n) is 3.77. The van der Waals surface area contributed by atoms with Gasteiger partial charge in [-0.2, -0.15) is 8.78 Å². The second kappa shape index (κ2) is 9.12. The molecule has 1 amide bonds. The van der Waals surface area contributed by atoms with Crippen LogP contribution in [0.15, 0.2) is 29.2 Å². The maximum absolute atomic E-state index is 12.4. The Balaban J connectivity index is 0.00000324. The van der Waals surface area contributed by atoms with Crippen LogP contribution in [0.5, 0.6) is 0 Å². The zero-order valence-corrected chi connectivity index (χ0v) is 12.3. The van der Waals surface area contributed by atoms with E-state index in [1.807, 2.05) is 6.92 Å². The first-order valence-electron chi connectivity index (χ1n) is 5.54. The third-order valence-corrected chi connectivity index (χ3v) is 3.20. The van der Waals surface area contributed by atoms with Crippen LogP contribution in [0.25, 0.3) is 0 Å². The van der Waals surface area contributed by atoms with Gasteiger partial charge < -0.3 is 10.6 Å². The van der Waals surface area contributed by atoms with E-state index in [2.05, 4.69) is 10.6 Å². The Morgan fingerprint density at radius 3 is 2.58 bits per heavy atom. The normalized spacial score (nSPS) is 11.8. The zero-order chi connectivity index (χ0) is 13.5. The highest BCUT2D eigenvalue weighted by molar-refractivity contribution is 7.99. The van der Waals surface area contributed by atoms with Gasteiger partial charge in [0, 0.05) is 17.5 Å². The van der Waals surface area contributed by atoms with Gasteiger partial charge in [0.05, 0.1) is 5.56 Å². The lowest BCUT2D eigenvalue weighted by atomic mass is 10.2. The van der Waals surface area contributed by atoms with E-state index in [0.717, 1.165) is 0 Å². The van der Waals surface area contributed by atoms with Crippen molar-refractivity contribution in [3.05, 3.63) is 29.8 Å². The summed E-state index contributed by atoms with van der Waals surface area (Å²) in [5.74, 6) is -2.86. The molecular formula is C12H17ClF2N2OS. The molecule has 0 spiro atoms. The van der Waals surface area contributed by atoms with Gasteiger partial charge in [-0.3, -0.25) is 4.79 Å². The average Bonchev–Trinajstić information content (AvgIpc) is 2.35. The van der Waals surface area contributed by atoms with Crippen molar-refractivity contribution in [3.63, 3.8) is 0 Å². The molecule has 108 valence electrons. The fourth-order valence-corrected chi connectivity index (χ4v) is 1.93. The fraction of sp³-hybridized carbons (Fsp3) is 0.417. The van der Waals surface area contributed by atoms with E-state index in [1.54, 1.807) is 25.2 Å². The Morgan fingerprint density at radius 2 is 2.00 bits per heavy atom. The highest BCUT2D eigenvalue weighted by Gasteiger charge is 2.15. The van der Waals surface area contributed by atoms with Crippen LogP contribution in [0.4, 0.5) is 8.78 Å². The molecule has 0 radical (unpaired) electrons. The minimum atomic E-state index is -2.53. The van der Waals surface area contributed by atoms with Gasteiger partial charge in [-0.25, -0.2) is 0 Å². The molecule has 1 atom stereocenters. The molecule has 0 aromatic heterocycles. The lowest BCUT2D eigenvalue weighted by Crippen LogP contribution is -2.37. The third-order valence-electron chi connectivity index (χ3n) is 2.41. The smallest absolute Gasteiger partial charge is 0.288 e. The molecule has 1 aromatic rings. The number of rotatable bonds is 6. The first-order chi connectivity index (χ1) is 8.54. The third kappa shape index (κ3) is 6.22. The van der Waals surface area contributed by atoms with Crippen molar-refractivity contribution in [2.24, 2.45) is 0 Å². The van der Waals surface area contributed by atoms with E-state index < -0.39 is 5.76 Å². The fourth-order valence-electron chi connectivity index (χ4n) is 1.30. The number of thioether (sulfide) groups is 1. The van der Waals surface area contributed by atoms with Crippen LogP contribution in [0, 0.1) is 0 Å². The van der Waals surface area contributed by atoms with Crippen molar-refractivity contribution in [2.45, 2.75) is 23.6 Å². The number of carbonyl (C=O) groups is 1. The zero-order valence-electron chi connectivity index (χ0n) is 10.7. The van der Waals surface area contributed by atoms with Crippen LogP contribution in [-0.2, 0) is 0 Å². The number of likely N-dealkylation sites (N-methyl/N-ethyl adjacent to an activating group) is 1. The van der Waals surface area contributed by atoms with Crippen molar-refractivity contribution in [1.82, 2.24) is 10.6 Å². The van der Waals surface area contributed by atoms with Crippen LogP contribution < -0.4 is 10.6 Å². The molecule has 0 aliphatic carbocycles. The van der Waals surface area contributed by atoms with Crippen molar-refractivity contribution < 1.29 is 13.6 Å². The topological polar surface area (TPSA) is 41.1 Å². The molecule has 0 aliphatic heterocycles. The van der Waals surface area contributed by atoms with Crippen LogP contribution in [-0.4, -0.2) is 31.3 Å². The van der Waals surface area contributed by atoms with Gasteiger partial charge in [-0.15, -0.1) is 12.4 Å². The number of halogens is 3. The van der Waals surface area contributed by atoms with Crippen LogP contribution in [0.1, 0.15) is 17.3 Å². The molecule has 19 heavy (non-hydrogen) atoms. The van der Waals surface area contributed by atoms with E-state index in [1.165, 1.54) is 6.07 Å². The standard InChI is InChI=1S/C12H16F2N2OS.ClH/c1-8(15-2)7-16-11(17)9-5-3-4-6-10(9)18-12(13)14;/h3-6,8,12,15H,7H2,1-2H3,(H,16,17);1H. The van der Waals surface area contributed by atoms with Gasteiger partial charge in [0.2, 0.25) is 0 Å². The summed E-state index contributed by atoms with van der Waals surface area (Å²) >= 11 is 0.384. The van der Waals surface area contributed by atoms with Crippen molar-refractivity contribution in [3.8, 4) is 0 Å². The summed E-state index contributed by atoms with van der Waals surface area (Å²) in [7, 11) is 1.79. The Bertz CT molecular complexity index is 407. The van der Waals surface area contributed by atoms with Crippen LogP contribution in [0.3, 0.4) is 0 Å². The maximum atomic E-state index is 12.4. The summed E-state index contributed by atoms with van der Waals surface area (Å²) in [4.78, 5) is 12.2. The molecule has 1 aromatic carbocycles. The molecule has 7 heteroatoms. The number of nitrogens with one attached hydrogen (secondary N) is 2. The predicted molar refractivity (Wildman–Crippen MR) is 76.4 cm³/mol. The molecule has 0 aliphatic rings. The monoisotopic (exact) mass is 310 g/mol. The summed E-state index contributed by atoms with van der Waals surface area (Å²) in [5, 5.41) is 5.68. The van der Waals surface area contributed by atoms with Gasteiger partial charge >= 0.3 is 0 Å². The molecular weight excluding hydrogens is 294 g/mol. The maximum Gasteiger partial charge on any atom is 0.288 e. The van der Waals surface area contributed by atoms with Crippen LogP contribution in [0.2, 0.25) is 0 Å². The first kappa shape index (κ1) is 18.1. The average molecular weight is 311 g/mol. The molecule has 1 unspecified atom stereocenters. The van der Waals surface area contributed by atoms with Gasteiger partial charge in [0.25, 0.3) is 11.7 Å². The minimum absolute atomic E-state index is 0. The Morgan fingerprint density at radius 1 is 1.37 bits per heavy atom. The highest BCUT2D eigenvalue weighted by Crippen LogP contribution is 2.28. The van der Waals surface area contributed by atoms with Crippen molar-refractivity contribution in [2.75, 3.05) is 13.6 Å². The number of alkyl halides is 2. The molecule has 1 rings (SSSR count). The number of carbonyl (C=O) groups excluding carboxylic acids is 1. The van der Waals surface area contributed by atoms with E-state index in [9.17, 15) is 13.6 Å². The summed E-state index contributed by atoms with van der Waals surface area (Å²) in [6.45, 7) is 2.36. The van der Waals surface area contributed by atoms with Gasteiger partial charge in [0.1, 0.15) is 0 Å². The Kier molecular flexibility index (Phi) is 8.71. The van der Waals surface area contributed by atoms with E-state index >= 15 is 0 Å². The number of benzene rings is 1. The van der Waals surface area contributed by atoms with E-state index in [4.69, 9.17) is 0 Å². The molecule has 2 N–H and O–H groups in total. The van der Waals surface area contributed by atoms with Gasteiger partial charge in [-0.05, 0) is 26.1 Å². The largest absolute Gasteiger partial charge is 0.350 e. The summed E-state index contributed by atoms with van der Waals surface area (Å²) in [5.41, 5.74) is 0.283. The molecule has 0 bridgehead atoms. The number of hydrogen-bond donors (Lipinski definition) is 2. The van der Waals surface area contributed by atoms with E-state index in [0.29, 0.717) is 23.2 Å². The van der Waals surface area contributed by atoms with Gasteiger partial charge in [0.15, 0.2) is 0 Å². The van der Waals surface area contributed by atoms with Crippen LogP contribution >= 0.6 is 24.2 Å². The summed E-state index contributed by atoms with van der Waals surface area (Å²) in [6.07, 6.45) is 0. The Hall–Kier alpha value is -0.850. The number of hydrogen-bond acceptors (Lipinski definition) is 3. The molecule has 0 heterocycles.